The lowest BCUT2D eigenvalue weighted by Crippen LogP contribution is -2.35. The van der Waals surface area contributed by atoms with Crippen molar-refractivity contribution in [2.24, 2.45) is 0 Å². The van der Waals surface area contributed by atoms with Gasteiger partial charge in [0, 0.05) is 6.61 Å². The van der Waals surface area contributed by atoms with E-state index in [1.54, 1.807) is 0 Å². The van der Waals surface area contributed by atoms with Gasteiger partial charge in [-0.15, -0.1) is 0 Å². The number of rotatable bonds is 6. The molecule has 0 unspecified atom stereocenters. The Labute approximate surface area is 96.6 Å². The van der Waals surface area contributed by atoms with Crippen LogP contribution in [0.5, 0.6) is 0 Å². The summed E-state index contributed by atoms with van der Waals surface area (Å²) >= 11 is 0. The fourth-order valence-corrected chi connectivity index (χ4v) is 4.05. The minimum atomic E-state index is -1.37. The van der Waals surface area contributed by atoms with Crippen LogP contribution in [0.3, 0.4) is 0 Å². The van der Waals surface area contributed by atoms with Gasteiger partial charge in [-0.1, -0.05) is 0 Å². The molecule has 15 heavy (non-hydrogen) atoms. The second kappa shape index (κ2) is 4.32. The van der Waals surface area contributed by atoms with Crippen LogP contribution in [0.15, 0.2) is 0 Å². The van der Waals surface area contributed by atoms with E-state index in [-0.39, 0.29) is 5.60 Å². The minimum absolute atomic E-state index is 0.212. The zero-order valence-corrected chi connectivity index (χ0v) is 13.1. The summed E-state index contributed by atoms with van der Waals surface area (Å²) in [6.07, 6.45) is 3.58. The van der Waals surface area contributed by atoms with Gasteiger partial charge >= 0.3 is 0 Å². The summed E-state index contributed by atoms with van der Waals surface area (Å²) in [4.78, 5) is 0. The third-order valence-electron chi connectivity index (χ3n) is 2.42. The largest absolute Gasteiger partial charge is 0.418 e. The van der Waals surface area contributed by atoms with Crippen molar-refractivity contribution >= 4 is 16.6 Å². The molecule has 0 radical (unpaired) electrons. The average molecular weight is 246 g/mol. The molecule has 4 heteroatoms. The normalized spacial score (nSPS) is 20.4. The Bertz CT molecular complexity index is 212. The van der Waals surface area contributed by atoms with Crippen LogP contribution in [0.2, 0.25) is 39.3 Å². The van der Waals surface area contributed by atoms with Gasteiger partial charge in [0.1, 0.15) is 0 Å². The monoisotopic (exact) mass is 246 g/mol. The Balaban J connectivity index is 2.27. The fourth-order valence-electron chi connectivity index (χ4n) is 1.74. The standard InChI is InChI=1S/C11H26O2Si2/c1-14(2,3)12-10-9-11(7-8-11)13-15(4,5)6/h7-10H2,1-6H3. The third kappa shape index (κ3) is 5.85. The van der Waals surface area contributed by atoms with Crippen LogP contribution in [0.1, 0.15) is 19.3 Å². The summed E-state index contributed by atoms with van der Waals surface area (Å²) < 4.78 is 12.1. The van der Waals surface area contributed by atoms with Gasteiger partial charge in [-0.25, -0.2) is 0 Å². The van der Waals surface area contributed by atoms with Crippen molar-refractivity contribution in [1.29, 1.82) is 0 Å². The van der Waals surface area contributed by atoms with Crippen LogP contribution in [0.4, 0.5) is 0 Å². The molecule has 1 fully saturated rings. The lowest BCUT2D eigenvalue weighted by atomic mass is 10.2. The quantitative estimate of drug-likeness (QED) is 0.667. The van der Waals surface area contributed by atoms with E-state index < -0.39 is 16.6 Å². The molecule has 0 aromatic heterocycles. The van der Waals surface area contributed by atoms with Gasteiger partial charge in [-0.2, -0.15) is 0 Å². The molecular formula is C11H26O2Si2. The van der Waals surface area contributed by atoms with Crippen molar-refractivity contribution in [1.82, 2.24) is 0 Å². The van der Waals surface area contributed by atoms with E-state index in [1.165, 1.54) is 12.8 Å². The summed E-state index contributed by atoms with van der Waals surface area (Å²) in [6.45, 7) is 14.4. The summed E-state index contributed by atoms with van der Waals surface area (Å²) in [5.41, 5.74) is 0.212. The van der Waals surface area contributed by atoms with Crippen LogP contribution in [0.25, 0.3) is 0 Å². The molecule has 0 spiro atoms. The molecule has 90 valence electrons. The van der Waals surface area contributed by atoms with E-state index in [0.29, 0.717) is 0 Å². The molecule has 1 rings (SSSR count). The molecule has 1 aliphatic rings. The first-order chi connectivity index (χ1) is 6.62. The highest BCUT2D eigenvalue weighted by Crippen LogP contribution is 2.44. The van der Waals surface area contributed by atoms with Gasteiger partial charge in [-0.05, 0) is 58.5 Å². The SMILES string of the molecule is C[Si](C)(C)OCCC1(O[Si](C)(C)C)CC1. The molecule has 0 atom stereocenters. The van der Waals surface area contributed by atoms with Crippen molar-refractivity contribution in [3.63, 3.8) is 0 Å². The molecule has 0 bridgehead atoms. The maximum absolute atomic E-state index is 6.23. The zero-order chi connectivity index (χ0) is 11.7. The second-order valence-electron chi connectivity index (χ2n) is 6.61. The van der Waals surface area contributed by atoms with Crippen LogP contribution < -0.4 is 0 Å². The van der Waals surface area contributed by atoms with Crippen molar-refractivity contribution in [2.45, 2.75) is 64.1 Å². The predicted molar refractivity (Wildman–Crippen MR) is 70.3 cm³/mol. The molecule has 0 aromatic rings. The lowest BCUT2D eigenvalue weighted by molar-refractivity contribution is 0.133. The summed E-state index contributed by atoms with van der Waals surface area (Å²) in [5.74, 6) is 0. The molecule has 0 N–H and O–H groups in total. The van der Waals surface area contributed by atoms with Crippen molar-refractivity contribution in [3.05, 3.63) is 0 Å². The molecule has 0 aliphatic heterocycles. The van der Waals surface area contributed by atoms with Crippen LogP contribution in [-0.4, -0.2) is 28.8 Å². The van der Waals surface area contributed by atoms with Crippen LogP contribution in [-0.2, 0) is 8.85 Å². The van der Waals surface area contributed by atoms with Crippen LogP contribution >= 0.6 is 0 Å². The average Bonchev–Trinajstić information content (AvgIpc) is 2.61. The first kappa shape index (κ1) is 13.4. The summed E-state index contributed by atoms with van der Waals surface area (Å²) in [6, 6.07) is 0. The molecule has 1 saturated carbocycles. The van der Waals surface area contributed by atoms with E-state index in [1.807, 2.05) is 0 Å². The van der Waals surface area contributed by atoms with Gasteiger partial charge < -0.3 is 8.85 Å². The molecule has 0 heterocycles. The smallest absolute Gasteiger partial charge is 0.184 e. The van der Waals surface area contributed by atoms with Gasteiger partial charge in [0.25, 0.3) is 0 Å². The van der Waals surface area contributed by atoms with E-state index in [9.17, 15) is 0 Å². The molecule has 2 nitrogen and oxygen atoms in total. The van der Waals surface area contributed by atoms with Crippen molar-refractivity contribution < 1.29 is 8.85 Å². The molecular weight excluding hydrogens is 220 g/mol. The minimum Gasteiger partial charge on any atom is -0.418 e. The van der Waals surface area contributed by atoms with E-state index in [4.69, 9.17) is 8.85 Å². The maximum Gasteiger partial charge on any atom is 0.184 e. The first-order valence-corrected chi connectivity index (χ1v) is 12.8. The van der Waals surface area contributed by atoms with E-state index in [0.717, 1.165) is 13.0 Å². The summed E-state index contributed by atoms with van der Waals surface area (Å²) in [7, 11) is -2.70. The fraction of sp³-hybridized carbons (Fsp3) is 1.00. The highest BCUT2D eigenvalue weighted by Gasteiger charge is 2.46. The molecule has 0 saturated heterocycles. The number of hydrogen-bond acceptors (Lipinski definition) is 2. The van der Waals surface area contributed by atoms with Gasteiger partial charge in [0.2, 0.25) is 0 Å². The van der Waals surface area contributed by atoms with E-state index >= 15 is 0 Å². The Kier molecular flexibility index (Phi) is 3.86. The van der Waals surface area contributed by atoms with Gasteiger partial charge in [-0.3, -0.25) is 0 Å². The van der Waals surface area contributed by atoms with Gasteiger partial charge in [0.15, 0.2) is 16.6 Å². The lowest BCUT2D eigenvalue weighted by Gasteiger charge is -2.27. The highest BCUT2D eigenvalue weighted by atomic mass is 28.4. The zero-order valence-electron chi connectivity index (χ0n) is 11.1. The molecule has 0 amide bonds. The Hall–Kier alpha value is 0.354. The second-order valence-corrected chi connectivity index (χ2v) is 15.6. The Morgan fingerprint density at radius 2 is 1.47 bits per heavy atom. The van der Waals surface area contributed by atoms with Crippen molar-refractivity contribution in [3.8, 4) is 0 Å². The van der Waals surface area contributed by atoms with Gasteiger partial charge in [0.05, 0.1) is 5.60 Å². The Morgan fingerprint density at radius 3 is 1.80 bits per heavy atom. The Morgan fingerprint density at radius 1 is 0.933 bits per heavy atom. The molecule has 0 aromatic carbocycles. The first-order valence-electron chi connectivity index (χ1n) is 5.96. The summed E-state index contributed by atoms with van der Waals surface area (Å²) in [5, 5.41) is 0. The van der Waals surface area contributed by atoms with Crippen molar-refractivity contribution in [2.75, 3.05) is 6.61 Å². The highest BCUT2D eigenvalue weighted by molar-refractivity contribution is 6.70. The maximum atomic E-state index is 6.23. The molecule has 1 aliphatic carbocycles. The van der Waals surface area contributed by atoms with E-state index in [2.05, 4.69) is 39.3 Å². The third-order valence-corrected chi connectivity index (χ3v) is 4.54. The van der Waals surface area contributed by atoms with Crippen LogP contribution in [0, 0.1) is 0 Å². The topological polar surface area (TPSA) is 18.5 Å². The number of hydrogen-bond donors (Lipinski definition) is 0. The predicted octanol–water partition coefficient (Wildman–Crippen LogP) is 3.61.